The molecular formula is C26H21BrN2. The summed E-state index contributed by atoms with van der Waals surface area (Å²) in [5, 5.41) is 4.59. The molecule has 5 rings (SSSR count). The largest absolute Gasteiger partial charge is 0.398 e. The van der Waals surface area contributed by atoms with Gasteiger partial charge in [0.2, 0.25) is 0 Å². The average Bonchev–Trinajstić information content (AvgIpc) is 2.78. The maximum absolute atomic E-state index is 6.00. The second-order valence-corrected chi connectivity index (χ2v) is 7.65. The molecule has 0 amide bonds. The van der Waals surface area contributed by atoms with Crippen molar-refractivity contribution < 1.29 is 0 Å². The summed E-state index contributed by atoms with van der Waals surface area (Å²) < 4.78 is 1.09. The Hall–Kier alpha value is -3.30. The van der Waals surface area contributed by atoms with E-state index in [9.17, 15) is 0 Å². The van der Waals surface area contributed by atoms with Gasteiger partial charge in [-0.2, -0.15) is 0 Å². The van der Waals surface area contributed by atoms with Crippen molar-refractivity contribution in [3.63, 3.8) is 0 Å². The molecule has 0 aliphatic rings. The highest BCUT2D eigenvalue weighted by atomic mass is 79.9. The van der Waals surface area contributed by atoms with Crippen molar-refractivity contribution in [2.75, 3.05) is 11.5 Å². The van der Waals surface area contributed by atoms with Gasteiger partial charge >= 0.3 is 0 Å². The molecule has 0 saturated heterocycles. The van der Waals surface area contributed by atoms with Gasteiger partial charge in [0.1, 0.15) is 0 Å². The van der Waals surface area contributed by atoms with Crippen molar-refractivity contribution in [3.8, 4) is 11.1 Å². The van der Waals surface area contributed by atoms with Crippen LogP contribution >= 0.6 is 15.9 Å². The van der Waals surface area contributed by atoms with Crippen LogP contribution in [-0.2, 0) is 0 Å². The fraction of sp³-hybridized carbons (Fsp3) is 0. The first kappa shape index (κ1) is 19.0. The van der Waals surface area contributed by atoms with Gasteiger partial charge in [0.15, 0.2) is 0 Å². The molecule has 0 spiro atoms. The Kier molecular flexibility index (Phi) is 5.50. The zero-order valence-electron chi connectivity index (χ0n) is 15.8. The Morgan fingerprint density at radius 2 is 0.931 bits per heavy atom. The molecule has 0 atom stereocenters. The van der Waals surface area contributed by atoms with Crippen molar-refractivity contribution >= 4 is 48.8 Å². The van der Waals surface area contributed by atoms with Crippen molar-refractivity contribution in [2.24, 2.45) is 0 Å². The number of halogens is 1. The van der Waals surface area contributed by atoms with Crippen LogP contribution in [0, 0.1) is 0 Å². The fourth-order valence-electron chi connectivity index (χ4n) is 3.48. The van der Waals surface area contributed by atoms with Crippen LogP contribution in [0.5, 0.6) is 0 Å². The van der Waals surface area contributed by atoms with Crippen LogP contribution < -0.4 is 11.5 Å². The minimum absolute atomic E-state index is 0.828. The molecule has 29 heavy (non-hydrogen) atoms. The molecule has 0 radical (unpaired) electrons. The van der Waals surface area contributed by atoms with E-state index in [4.69, 9.17) is 11.5 Å². The zero-order chi connectivity index (χ0) is 20.2. The topological polar surface area (TPSA) is 52.0 Å². The van der Waals surface area contributed by atoms with Gasteiger partial charge in [0.05, 0.1) is 0 Å². The van der Waals surface area contributed by atoms with Crippen LogP contribution in [0.4, 0.5) is 11.4 Å². The van der Waals surface area contributed by atoms with Gasteiger partial charge in [-0.05, 0) is 40.1 Å². The molecular weight excluding hydrogens is 420 g/mol. The van der Waals surface area contributed by atoms with E-state index < -0.39 is 0 Å². The number of hydrogen-bond acceptors (Lipinski definition) is 2. The van der Waals surface area contributed by atoms with Crippen molar-refractivity contribution in [1.82, 2.24) is 0 Å². The van der Waals surface area contributed by atoms with Gasteiger partial charge in [-0.3, -0.25) is 0 Å². The van der Waals surface area contributed by atoms with Crippen LogP contribution in [0.1, 0.15) is 0 Å². The molecule has 0 aliphatic heterocycles. The third-order valence-corrected chi connectivity index (χ3v) is 5.64. The first-order chi connectivity index (χ1) is 14.1. The number of anilines is 2. The maximum atomic E-state index is 6.00. The number of rotatable bonds is 1. The summed E-state index contributed by atoms with van der Waals surface area (Å²) in [7, 11) is 0. The average molecular weight is 441 g/mol. The van der Waals surface area contributed by atoms with Crippen molar-refractivity contribution in [2.45, 2.75) is 0 Å². The fourth-order valence-corrected chi connectivity index (χ4v) is 3.96. The zero-order valence-corrected chi connectivity index (χ0v) is 17.4. The summed E-state index contributed by atoms with van der Waals surface area (Å²) in [4.78, 5) is 0. The minimum atomic E-state index is 0.828. The smallest absolute Gasteiger partial charge is 0.0394 e. The van der Waals surface area contributed by atoms with Crippen molar-refractivity contribution in [1.29, 1.82) is 0 Å². The van der Waals surface area contributed by atoms with E-state index in [0.29, 0.717) is 0 Å². The molecule has 0 fully saturated rings. The van der Waals surface area contributed by atoms with Crippen LogP contribution in [0.3, 0.4) is 0 Å². The Labute approximate surface area is 178 Å². The molecule has 0 aromatic heterocycles. The number of fused-ring (bicyclic) bond motifs is 2. The van der Waals surface area contributed by atoms with E-state index in [-0.39, 0.29) is 0 Å². The summed E-state index contributed by atoms with van der Waals surface area (Å²) in [5.41, 5.74) is 15.9. The Morgan fingerprint density at radius 3 is 1.55 bits per heavy atom. The molecule has 4 N–H and O–H groups in total. The Bertz CT molecular complexity index is 1240. The molecule has 0 saturated carbocycles. The highest BCUT2D eigenvalue weighted by Crippen LogP contribution is 2.31. The SMILES string of the molecule is Nc1ccc(-c2ccccc2)c2ccccc12.Nc1ccc(Br)c2ccccc12. The normalized spacial score (nSPS) is 10.5. The van der Waals surface area contributed by atoms with E-state index in [1.165, 1.54) is 16.5 Å². The van der Waals surface area contributed by atoms with E-state index in [1.807, 2.05) is 54.6 Å². The lowest BCUT2D eigenvalue weighted by Gasteiger charge is -2.08. The molecule has 0 unspecified atom stereocenters. The Morgan fingerprint density at radius 1 is 0.448 bits per heavy atom. The highest BCUT2D eigenvalue weighted by Gasteiger charge is 2.04. The number of nitrogen functional groups attached to an aromatic ring is 2. The standard InChI is InChI=1S/C16H13N.C10H8BrN/c17-16-11-10-13(12-6-2-1-3-7-12)14-8-4-5-9-15(14)16;11-9-5-6-10(12)8-4-2-1-3-7(8)9/h1-11H,17H2;1-6H,12H2. The minimum Gasteiger partial charge on any atom is -0.398 e. The highest BCUT2D eigenvalue weighted by molar-refractivity contribution is 9.10. The second-order valence-electron chi connectivity index (χ2n) is 6.80. The summed E-state index contributed by atoms with van der Waals surface area (Å²) in [6, 6.07) is 34.7. The van der Waals surface area contributed by atoms with Gasteiger partial charge in [-0.1, -0.05) is 101 Å². The summed E-state index contributed by atoms with van der Waals surface area (Å²) in [6.07, 6.45) is 0. The quantitative estimate of drug-likeness (QED) is 0.269. The molecule has 0 bridgehead atoms. The van der Waals surface area contributed by atoms with E-state index in [0.717, 1.165) is 32.0 Å². The third kappa shape index (κ3) is 3.96. The number of benzene rings is 5. The summed E-state index contributed by atoms with van der Waals surface area (Å²) in [6.45, 7) is 0. The molecule has 142 valence electrons. The van der Waals surface area contributed by atoms with Crippen LogP contribution in [-0.4, -0.2) is 0 Å². The third-order valence-electron chi connectivity index (χ3n) is 4.95. The Balaban J connectivity index is 0.000000150. The van der Waals surface area contributed by atoms with Crippen LogP contribution in [0.15, 0.2) is 108 Å². The summed E-state index contributed by atoms with van der Waals surface area (Å²) in [5.74, 6) is 0. The lowest BCUT2D eigenvalue weighted by atomic mass is 9.97. The summed E-state index contributed by atoms with van der Waals surface area (Å²) >= 11 is 3.48. The molecule has 5 aromatic rings. The number of nitrogens with two attached hydrogens (primary N) is 2. The van der Waals surface area contributed by atoms with Crippen LogP contribution in [0.25, 0.3) is 32.7 Å². The van der Waals surface area contributed by atoms with Crippen LogP contribution in [0.2, 0.25) is 0 Å². The van der Waals surface area contributed by atoms with E-state index in [2.05, 4.69) is 64.5 Å². The predicted octanol–water partition coefficient (Wildman–Crippen LogP) is 7.27. The first-order valence-electron chi connectivity index (χ1n) is 9.40. The van der Waals surface area contributed by atoms with Gasteiger partial charge in [-0.15, -0.1) is 0 Å². The molecule has 0 aliphatic carbocycles. The lowest BCUT2D eigenvalue weighted by Crippen LogP contribution is -1.88. The van der Waals surface area contributed by atoms with E-state index >= 15 is 0 Å². The molecule has 3 heteroatoms. The number of hydrogen-bond donors (Lipinski definition) is 2. The van der Waals surface area contributed by atoms with Gasteiger partial charge < -0.3 is 11.5 Å². The lowest BCUT2D eigenvalue weighted by molar-refractivity contribution is 1.65. The van der Waals surface area contributed by atoms with Crippen molar-refractivity contribution in [3.05, 3.63) is 108 Å². The first-order valence-corrected chi connectivity index (χ1v) is 10.2. The molecule has 0 heterocycles. The van der Waals surface area contributed by atoms with Gasteiger partial charge in [0.25, 0.3) is 0 Å². The van der Waals surface area contributed by atoms with Gasteiger partial charge in [-0.25, -0.2) is 0 Å². The van der Waals surface area contributed by atoms with Gasteiger partial charge in [0, 0.05) is 26.6 Å². The van der Waals surface area contributed by atoms with E-state index in [1.54, 1.807) is 0 Å². The molecule has 2 nitrogen and oxygen atoms in total. The molecule has 5 aromatic carbocycles. The second kappa shape index (κ2) is 8.38. The maximum Gasteiger partial charge on any atom is 0.0394 e. The monoisotopic (exact) mass is 440 g/mol. The predicted molar refractivity (Wildman–Crippen MR) is 130 cm³/mol.